The van der Waals surface area contributed by atoms with E-state index in [0.29, 0.717) is 6.04 Å². The second-order valence-electron chi connectivity index (χ2n) is 4.94. The lowest BCUT2D eigenvalue weighted by molar-refractivity contribution is 0.179. The Morgan fingerprint density at radius 3 is 2.94 bits per heavy atom. The second kappa shape index (κ2) is 7.39. The van der Waals surface area contributed by atoms with E-state index in [1.54, 1.807) is 0 Å². The fraction of sp³-hybridized carbons (Fsp3) is 0.600. The zero-order valence-electron chi connectivity index (χ0n) is 11.3. The van der Waals surface area contributed by atoms with E-state index in [4.69, 9.17) is 4.74 Å². The van der Waals surface area contributed by atoms with Gasteiger partial charge in [0.25, 0.3) is 0 Å². The minimum atomic E-state index is 0.675. The summed E-state index contributed by atoms with van der Waals surface area (Å²) < 4.78 is 5.71. The van der Waals surface area contributed by atoms with Gasteiger partial charge in [0, 0.05) is 19.1 Å². The van der Waals surface area contributed by atoms with Crippen LogP contribution in [0.5, 0.6) is 5.75 Å². The van der Waals surface area contributed by atoms with Gasteiger partial charge in [-0.25, -0.2) is 0 Å². The average molecular weight is 248 g/mol. The quantitative estimate of drug-likeness (QED) is 0.781. The van der Waals surface area contributed by atoms with Gasteiger partial charge in [-0.3, -0.25) is 0 Å². The summed E-state index contributed by atoms with van der Waals surface area (Å²) in [6.07, 6.45) is 3.73. The summed E-state index contributed by atoms with van der Waals surface area (Å²) in [7, 11) is 2.06. The second-order valence-corrected chi connectivity index (χ2v) is 4.94. The van der Waals surface area contributed by atoms with Gasteiger partial charge in [0.2, 0.25) is 0 Å². The SMILES string of the molecule is CNC1CCCN(CCCOc2ccccc2)C1. The molecule has 1 heterocycles. The first-order valence-electron chi connectivity index (χ1n) is 6.96. The maximum Gasteiger partial charge on any atom is 0.119 e. The van der Waals surface area contributed by atoms with Crippen LogP contribution in [0.25, 0.3) is 0 Å². The third kappa shape index (κ3) is 4.31. The molecule has 1 fully saturated rings. The molecule has 1 saturated heterocycles. The van der Waals surface area contributed by atoms with Crippen LogP contribution in [0.1, 0.15) is 19.3 Å². The smallest absolute Gasteiger partial charge is 0.119 e. The van der Waals surface area contributed by atoms with E-state index in [2.05, 4.69) is 17.3 Å². The highest BCUT2D eigenvalue weighted by atomic mass is 16.5. The van der Waals surface area contributed by atoms with Gasteiger partial charge in [-0.1, -0.05) is 18.2 Å². The first-order chi connectivity index (χ1) is 8.88. The predicted octanol–water partition coefficient (Wildman–Crippen LogP) is 2.14. The normalized spacial score (nSPS) is 20.8. The number of para-hydroxylation sites is 1. The van der Waals surface area contributed by atoms with Crippen molar-refractivity contribution in [3.05, 3.63) is 30.3 Å². The van der Waals surface area contributed by atoms with Crippen molar-refractivity contribution in [2.24, 2.45) is 0 Å². The fourth-order valence-electron chi connectivity index (χ4n) is 2.49. The first kappa shape index (κ1) is 13.4. The Balaban J connectivity index is 1.60. The summed E-state index contributed by atoms with van der Waals surface area (Å²) in [5, 5.41) is 3.38. The molecule has 18 heavy (non-hydrogen) atoms. The van der Waals surface area contributed by atoms with Crippen LogP contribution in [0.15, 0.2) is 30.3 Å². The lowest BCUT2D eigenvalue weighted by Gasteiger charge is -2.32. The molecule has 3 nitrogen and oxygen atoms in total. The zero-order chi connectivity index (χ0) is 12.6. The Bertz CT molecular complexity index is 329. The fourth-order valence-corrected chi connectivity index (χ4v) is 2.49. The molecular formula is C15H24N2O. The van der Waals surface area contributed by atoms with Gasteiger partial charge < -0.3 is 15.0 Å². The van der Waals surface area contributed by atoms with Crippen LogP contribution in [-0.2, 0) is 0 Å². The minimum Gasteiger partial charge on any atom is -0.494 e. The molecule has 1 aliphatic rings. The lowest BCUT2D eigenvalue weighted by Crippen LogP contribution is -2.44. The highest BCUT2D eigenvalue weighted by Gasteiger charge is 2.17. The molecule has 2 rings (SSSR count). The molecule has 0 radical (unpaired) electrons. The van der Waals surface area contributed by atoms with Gasteiger partial charge in [0.05, 0.1) is 6.61 Å². The van der Waals surface area contributed by atoms with Crippen LogP contribution in [0.3, 0.4) is 0 Å². The molecule has 1 aliphatic heterocycles. The van der Waals surface area contributed by atoms with Crippen LogP contribution in [0.2, 0.25) is 0 Å². The number of nitrogens with zero attached hydrogens (tertiary/aromatic N) is 1. The van der Waals surface area contributed by atoms with Gasteiger partial charge in [-0.2, -0.15) is 0 Å². The van der Waals surface area contributed by atoms with Gasteiger partial charge in [-0.15, -0.1) is 0 Å². The topological polar surface area (TPSA) is 24.5 Å². The molecule has 1 aromatic carbocycles. The summed E-state index contributed by atoms with van der Waals surface area (Å²) >= 11 is 0. The number of rotatable bonds is 6. The molecule has 0 amide bonds. The zero-order valence-corrected chi connectivity index (χ0v) is 11.3. The van der Waals surface area contributed by atoms with E-state index in [1.165, 1.54) is 25.9 Å². The molecule has 3 heteroatoms. The van der Waals surface area contributed by atoms with E-state index < -0.39 is 0 Å². The maximum absolute atomic E-state index is 5.71. The molecule has 0 bridgehead atoms. The van der Waals surface area contributed by atoms with Gasteiger partial charge in [0.1, 0.15) is 5.75 Å². The molecule has 0 spiro atoms. The Hall–Kier alpha value is -1.06. The van der Waals surface area contributed by atoms with Crippen LogP contribution >= 0.6 is 0 Å². The van der Waals surface area contributed by atoms with Crippen LogP contribution < -0.4 is 10.1 Å². The number of ether oxygens (including phenoxy) is 1. The number of nitrogens with one attached hydrogen (secondary N) is 1. The number of hydrogen-bond donors (Lipinski definition) is 1. The first-order valence-corrected chi connectivity index (χ1v) is 6.96. The molecular weight excluding hydrogens is 224 g/mol. The summed E-state index contributed by atoms with van der Waals surface area (Å²) in [6.45, 7) is 4.38. The number of hydrogen-bond acceptors (Lipinski definition) is 3. The summed E-state index contributed by atoms with van der Waals surface area (Å²) in [5.41, 5.74) is 0. The largest absolute Gasteiger partial charge is 0.494 e. The van der Waals surface area contributed by atoms with E-state index in [-0.39, 0.29) is 0 Å². The van der Waals surface area contributed by atoms with Crippen molar-refractivity contribution < 1.29 is 4.74 Å². The number of benzene rings is 1. The summed E-state index contributed by atoms with van der Waals surface area (Å²) in [4.78, 5) is 2.54. The minimum absolute atomic E-state index is 0.675. The van der Waals surface area contributed by atoms with Crippen LogP contribution in [0, 0.1) is 0 Å². The monoisotopic (exact) mass is 248 g/mol. The molecule has 1 unspecified atom stereocenters. The maximum atomic E-state index is 5.71. The van der Waals surface area contributed by atoms with Crippen molar-refractivity contribution in [1.82, 2.24) is 10.2 Å². The van der Waals surface area contributed by atoms with Crippen LogP contribution in [-0.4, -0.2) is 44.2 Å². The molecule has 1 atom stereocenters. The van der Waals surface area contributed by atoms with Crippen molar-refractivity contribution in [3.8, 4) is 5.75 Å². The number of likely N-dealkylation sites (tertiary alicyclic amines) is 1. The third-order valence-corrected chi connectivity index (χ3v) is 3.54. The number of likely N-dealkylation sites (N-methyl/N-ethyl adjacent to an activating group) is 1. The van der Waals surface area contributed by atoms with Crippen molar-refractivity contribution in [1.29, 1.82) is 0 Å². The average Bonchev–Trinajstić information content (AvgIpc) is 2.45. The van der Waals surface area contributed by atoms with Gasteiger partial charge >= 0.3 is 0 Å². The van der Waals surface area contributed by atoms with Gasteiger partial charge in [-0.05, 0) is 45.0 Å². The Labute approximate surface area is 110 Å². The van der Waals surface area contributed by atoms with E-state index >= 15 is 0 Å². The van der Waals surface area contributed by atoms with E-state index in [0.717, 1.165) is 25.3 Å². The number of piperidine rings is 1. The summed E-state index contributed by atoms with van der Waals surface area (Å²) in [5.74, 6) is 0.976. The lowest BCUT2D eigenvalue weighted by atomic mass is 10.1. The standard InChI is InChI=1S/C15H24N2O/c1-16-14-7-5-10-17(13-14)11-6-12-18-15-8-3-2-4-9-15/h2-4,8-9,14,16H,5-7,10-13H2,1H3. The molecule has 0 aromatic heterocycles. The van der Waals surface area contributed by atoms with E-state index in [1.807, 2.05) is 30.3 Å². The highest BCUT2D eigenvalue weighted by molar-refractivity contribution is 5.20. The molecule has 1 N–H and O–H groups in total. The Morgan fingerprint density at radius 1 is 1.33 bits per heavy atom. The van der Waals surface area contributed by atoms with Crippen LogP contribution in [0.4, 0.5) is 0 Å². The van der Waals surface area contributed by atoms with Crippen molar-refractivity contribution in [2.75, 3.05) is 33.3 Å². The Kier molecular flexibility index (Phi) is 5.49. The van der Waals surface area contributed by atoms with Gasteiger partial charge in [0.15, 0.2) is 0 Å². The van der Waals surface area contributed by atoms with Crippen molar-refractivity contribution in [2.45, 2.75) is 25.3 Å². The highest BCUT2D eigenvalue weighted by Crippen LogP contribution is 2.11. The predicted molar refractivity (Wildman–Crippen MR) is 75.1 cm³/mol. The molecule has 0 aliphatic carbocycles. The van der Waals surface area contributed by atoms with Crippen molar-refractivity contribution in [3.63, 3.8) is 0 Å². The molecule has 100 valence electrons. The molecule has 0 saturated carbocycles. The Morgan fingerprint density at radius 2 is 2.17 bits per heavy atom. The summed E-state index contributed by atoms with van der Waals surface area (Å²) in [6, 6.07) is 10.7. The third-order valence-electron chi connectivity index (χ3n) is 3.54. The molecule has 1 aromatic rings. The van der Waals surface area contributed by atoms with E-state index in [9.17, 15) is 0 Å². The van der Waals surface area contributed by atoms with Crippen molar-refractivity contribution >= 4 is 0 Å².